The van der Waals surface area contributed by atoms with Crippen LogP contribution in [-0.4, -0.2) is 30.3 Å². The van der Waals surface area contributed by atoms with Gasteiger partial charge in [0.15, 0.2) is 5.75 Å². The van der Waals surface area contributed by atoms with Crippen molar-refractivity contribution < 1.29 is 22.6 Å². The number of aromatic nitrogens is 1. The first-order valence-electron chi connectivity index (χ1n) is 9.37. The van der Waals surface area contributed by atoms with Crippen molar-refractivity contribution in [1.29, 1.82) is 0 Å². The first kappa shape index (κ1) is 19.6. The van der Waals surface area contributed by atoms with Gasteiger partial charge in [-0.1, -0.05) is 13.3 Å². The van der Waals surface area contributed by atoms with E-state index in [1.165, 1.54) is 0 Å². The molecule has 0 radical (unpaired) electrons. The highest BCUT2D eigenvalue weighted by molar-refractivity contribution is 5.95. The Morgan fingerprint density at radius 2 is 2.04 bits per heavy atom. The zero-order valence-corrected chi connectivity index (χ0v) is 16.1. The van der Waals surface area contributed by atoms with E-state index in [2.05, 4.69) is 16.8 Å². The molecular weight excluding hydrogens is 357 g/mol. The molecule has 1 aromatic carbocycles. The average Bonchev–Trinajstić information content (AvgIpc) is 2.59. The van der Waals surface area contributed by atoms with Gasteiger partial charge in [0.1, 0.15) is 6.61 Å². The van der Waals surface area contributed by atoms with Crippen molar-refractivity contribution in [2.45, 2.75) is 58.9 Å². The van der Waals surface area contributed by atoms with Crippen molar-refractivity contribution in [3.63, 3.8) is 0 Å². The second-order valence-corrected chi connectivity index (χ2v) is 7.02. The highest BCUT2D eigenvalue weighted by Gasteiger charge is 2.37. The Kier molecular flexibility index (Phi) is 5.40. The van der Waals surface area contributed by atoms with Gasteiger partial charge in [-0.15, -0.1) is 0 Å². The van der Waals surface area contributed by atoms with Crippen LogP contribution in [0.15, 0.2) is 18.2 Å². The number of likely N-dealkylation sites (N-methyl/N-ethyl adjacent to an activating group) is 1. The van der Waals surface area contributed by atoms with Crippen LogP contribution >= 0.6 is 0 Å². The van der Waals surface area contributed by atoms with Gasteiger partial charge in [-0.2, -0.15) is 13.2 Å². The molecule has 1 aliphatic rings. The van der Waals surface area contributed by atoms with Crippen molar-refractivity contribution in [1.82, 2.24) is 4.98 Å². The van der Waals surface area contributed by atoms with E-state index >= 15 is 0 Å². The molecule has 0 saturated heterocycles. The van der Waals surface area contributed by atoms with Crippen LogP contribution in [0.1, 0.15) is 46.1 Å². The van der Waals surface area contributed by atoms with Crippen LogP contribution in [0, 0.1) is 0 Å². The lowest BCUT2D eigenvalue weighted by atomic mass is 10.0. The highest BCUT2D eigenvalue weighted by atomic mass is 19.4. The Bertz CT molecular complexity index is 821. The van der Waals surface area contributed by atoms with Gasteiger partial charge < -0.3 is 14.4 Å². The molecule has 0 fully saturated rings. The second kappa shape index (κ2) is 7.44. The first-order chi connectivity index (χ1) is 12.8. The van der Waals surface area contributed by atoms with Crippen molar-refractivity contribution >= 4 is 16.6 Å². The average molecular weight is 382 g/mol. The Morgan fingerprint density at radius 3 is 2.63 bits per heavy atom. The summed E-state index contributed by atoms with van der Waals surface area (Å²) in [6.07, 6.45) is -2.89. The molecule has 4 nitrogen and oxygen atoms in total. The SMILES string of the molecule is CCCC1COc2c(ccc3nc(OC(C)C)cc(C(F)(F)F)c23)N1CC. The molecule has 1 unspecified atom stereocenters. The third-order valence-electron chi connectivity index (χ3n) is 4.68. The van der Waals surface area contributed by atoms with Crippen molar-refractivity contribution in [2.24, 2.45) is 0 Å². The fraction of sp³-hybridized carbons (Fsp3) is 0.550. The fourth-order valence-electron chi connectivity index (χ4n) is 3.63. The Hall–Kier alpha value is -2.18. The molecule has 0 aliphatic carbocycles. The third kappa shape index (κ3) is 3.77. The fourth-order valence-corrected chi connectivity index (χ4v) is 3.63. The summed E-state index contributed by atoms with van der Waals surface area (Å²) in [5.41, 5.74) is 0.147. The minimum Gasteiger partial charge on any atom is -0.489 e. The minimum atomic E-state index is -4.54. The van der Waals surface area contributed by atoms with Crippen LogP contribution in [0.4, 0.5) is 18.9 Å². The summed E-state index contributed by atoms with van der Waals surface area (Å²) in [5, 5.41) is 0.00417. The van der Waals surface area contributed by atoms with E-state index in [0.29, 0.717) is 18.8 Å². The topological polar surface area (TPSA) is 34.6 Å². The van der Waals surface area contributed by atoms with Crippen LogP contribution in [0.5, 0.6) is 11.6 Å². The predicted molar refractivity (Wildman–Crippen MR) is 99.7 cm³/mol. The van der Waals surface area contributed by atoms with Gasteiger partial charge in [-0.05, 0) is 39.3 Å². The lowest BCUT2D eigenvalue weighted by Gasteiger charge is -2.38. The van der Waals surface area contributed by atoms with E-state index in [1.807, 2.05) is 6.92 Å². The standard InChI is InChI=1S/C20H25F3N2O2/c1-5-7-13-11-26-19-16(25(13)6-2)9-8-15-18(19)14(20(21,22)23)10-17(24-15)27-12(3)4/h8-10,12-13H,5-7,11H2,1-4H3. The lowest BCUT2D eigenvalue weighted by Crippen LogP contribution is -2.43. The monoisotopic (exact) mass is 382 g/mol. The maximum absolute atomic E-state index is 13.8. The maximum atomic E-state index is 13.8. The Labute approximate surface area is 157 Å². The van der Waals surface area contributed by atoms with E-state index < -0.39 is 11.7 Å². The zero-order chi connectivity index (χ0) is 19.8. The molecule has 27 heavy (non-hydrogen) atoms. The van der Waals surface area contributed by atoms with E-state index in [9.17, 15) is 13.2 Å². The summed E-state index contributed by atoms with van der Waals surface area (Å²) in [5.74, 6) is 0.231. The van der Waals surface area contributed by atoms with Crippen molar-refractivity contribution in [3.05, 3.63) is 23.8 Å². The van der Waals surface area contributed by atoms with Gasteiger partial charge in [0.05, 0.1) is 34.3 Å². The molecule has 3 rings (SSSR count). The minimum absolute atomic E-state index is 0.00417. The number of halogens is 3. The number of benzene rings is 1. The number of nitrogens with zero attached hydrogens (tertiary/aromatic N) is 2. The molecule has 0 spiro atoms. The van der Waals surface area contributed by atoms with Crippen LogP contribution in [0.2, 0.25) is 0 Å². The second-order valence-electron chi connectivity index (χ2n) is 7.02. The quantitative estimate of drug-likeness (QED) is 0.691. The maximum Gasteiger partial charge on any atom is 0.417 e. The number of anilines is 1. The van der Waals surface area contributed by atoms with Gasteiger partial charge >= 0.3 is 6.18 Å². The van der Waals surface area contributed by atoms with Crippen LogP contribution in [0.3, 0.4) is 0 Å². The number of hydrogen-bond acceptors (Lipinski definition) is 4. The zero-order valence-electron chi connectivity index (χ0n) is 16.1. The summed E-state index contributed by atoms with van der Waals surface area (Å²) in [6.45, 7) is 8.67. The van der Waals surface area contributed by atoms with Gasteiger partial charge in [0.25, 0.3) is 0 Å². The number of alkyl halides is 3. The molecular formula is C20H25F3N2O2. The van der Waals surface area contributed by atoms with Gasteiger partial charge in [-0.25, -0.2) is 4.98 Å². The van der Waals surface area contributed by atoms with Crippen molar-refractivity contribution in [2.75, 3.05) is 18.1 Å². The number of rotatable bonds is 5. The molecule has 1 atom stereocenters. The van der Waals surface area contributed by atoms with Crippen molar-refractivity contribution in [3.8, 4) is 11.6 Å². The van der Waals surface area contributed by atoms with Gasteiger partial charge in [-0.3, -0.25) is 0 Å². The molecule has 2 heterocycles. The molecule has 7 heteroatoms. The van der Waals surface area contributed by atoms with E-state index in [-0.39, 0.29) is 34.7 Å². The Balaban J connectivity index is 2.22. The van der Waals surface area contributed by atoms with Crippen LogP contribution < -0.4 is 14.4 Å². The predicted octanol–water partition coefficient (Wildman–Crippen LogP) is 5.43. The Morgan fingerprint density at radius 1 is 1.30 bits per heavy atom. The summed E-state index contributed by atoms with van der Waals surface area (Å²) in [4.78, 5) is 6.41. The normalized spacial score (nSPS) is 17.2. The molecule has 0 bridgehead atoms. The molecule has 2 aromatic rings. The highest BCUT2D eigenvalue weighted by Crippen LogP contribution is 2.46. The third-order valence-corrected chi connectivity index (χ3v) is 4.68. The van der Waals surface area contributed by atoms with E-state index in [0.717, 1.165) is 18.9 Å². The smallest absolute Gasteiger partial charge is 0.417 e. The molecule has 1 aromatic heterocycles. The first-order valence-corrected chi connectivity index (χ1v) is 9.37. The van der Waals surface area contributed by atoms with Crippen LogP contribution in [0.25, 0.3) is 10.9 Å². The summed E-state index contributed by atoms with van der Waals surface area (Å²) < 4.78 is 52.8. The van der Waals surface area contributed by atoms with Gasteiger partial charge in [0.2, 0.25) is 5.88 Å². The lowest BCUT2D eigenvalue weighted by molar-refractivity contribution is -0.136. The van der Waals surface area contributed by atoms with E-state index in [4.69, 9.17) is 9.47 Å². The summed E-state index contributed by atoms with van der Waals surface area (Å²) in [7, 11) is 0. The van der Waals surface area contributed by atoms with E-state index in [1.54, 1.807) is 26.0 Å². The van der Waals surface area contributed by atoms with Crippen LogP contribution in [-0.2, 0) is 6.18 Å². The molecule has 0 saturated carbocycles. The number of hydrogen-bond donors (Lipinski definition) is 0. The molecule has 1 aliphatic heterocycles. The molecule has 0 amide bonds. The number of ether oxygens (including phenoxy) is 2. The molecule has 148 valence electrons. The molecule has 0 N–H and O–H groups in total. The van der Waals surface area contributed by atoms with Gasteiger partial charge in [0, 0.05) is 12.6 Å². The largest absolute Gasteiger partial charge is 0.489 e. The number of fused-ring (bicyclic) bond motifs is 3. The summed E-state index contributed by atoms with van der Waals surface area (Å²) >= 11 is 0. The number of pyridine rings is 1. The summed E-state index contributed by atoms with van der Waals surface area (Å²) in [6, 6.07) is 4.56.